The lowest BCUT2D eigenvalue weighted by molar-refractivity contribution is 0.0449. The van der Waals surface area contributed by atoms with Crippen LogP contribution in [-0.4, -0.2) is 40.1 Å². The lowest BCUT2D eigenvalue weighted by Crippen LogP contribution is -2.39. The van der Waals surface area contributed by atoms with E-state index in [1.54, 1.807) is 6.20 Å². The molecule has 1 N–H and O–H groups in total. The predicted molar refractivity (Wildman–Crippen MR) is 105 cm³/mol. The van der Waals surface area contributed by atoms with Crippen molar-refractivity contribution >= 4 is 16.8 Å². The largest absolute Gasteiger partial charge is 0.474 e. The Morgan fingerprint density at radius 1 is 1.11 bits per heavy atom. The van der Waals surface area contributed by atoms with Crippen molar-refractivity contribution in [2.24, 2.45) is 5.92 Å². The number of carbonyl (C=O) groups excluding carboxylic acids is 1. The molecule has 0 radical (unpaired) electrons. The van der Waals surface area contributed by atoms with Gasteiger partial charge in [-0.1, -0.05) is 18.2 Å². The maximum Gasteiger partial charge on any atom is 0.217 e. The maximum absolute atomic E-state index is 12.7. The SMILES string of the molecule is O=C(c1nc2ccccc2[nH]1)[C@H]1C[C@@H](Oc2ncccc2C2CCOCC2)C1. The van der Waals surface area contributed by atoms with Crippen LogP contribution in [0.15, 0.2) is 42.6 Å². The molecule has 2 fully saturated rings. The maximum atomic E-state index is 12.7. The molecule has 0 amide bonds. The number of hydrogen-bond donors (Lipinski definition) is 1. The number of imidazole rings is 1. The number of Topliss-reactive ketones (excluding diaryl/α,β-unsaturated/α-hetero) is 1. The van der Waals surface area contributed by atoms with E-state index in [-0.39, 0.29) is 17.8 Å². The van der Waals surface area contributed by atoms with Crippen LogP contribution >= 0.6 is 0 Å². The monoisotopic (exact) mass is 377 g/mol. The molecule has 2 aliphatic rings. The van der Waals surface area contributed by atoms with Crippen LogP contribution in [0.4, 0.5) is 0 Å². The van der Waals surface area contributed by atoms with E-state index in [1.807, 2.05) is 30.3 Å². The van der Waals surface area contributed by atoms with Gasteiger partial charge in [-0.15, -0.1) is 0 Å². The molecule has 3 aromatic rings. The summed E-state index contributed by atoms with van der Waals surface area (Å²) in [4.78, 5) is 24.8. The Bertz CT molecular complexity index is 954. The number of pyridine rings is 1. The number of hydrogen-bond acceptors (Lipinski definition) is 5. The molecule has 1 aromatic carbocycles. The smallest absolute Gasteiger partial charge is 0.217 e. The highest BCUT2D eigenvalue weighted by Crippen LogP contribution is 2.37. The van der Waals surface area contributed by atoms with E-state index in [9.17, 15) is 4.79 Å². The fourth-order valence-corrected chi connectivity index (χ4v) is 4.12. The Kier molecular flexibility index (Phi) is 4.56. The number of H-pyrrole nitrogens is 1. The van der Waals surface area contributed by atoms with Crippen LogP contribution in [0.25, 0.3) is 11.0 Å². The fourth-order valence-electron chi connectivity index (χ4n) is 4.12. The first-order valence-electron chi connectivity index (χ1n) is 9.96. The molecule has 6 heteroatoms. The van der Waals surface area contributed by atoms with Crippen LogP contribution < -0.4 is 4.74 Å². The molecule has 2 aromatic heterocycles. The van der Waals surface area contributed by atoms with Crippen molar-refractivity contribution in [2.75, 3.05) is 13.2 Å². The molecule has 3 heterocycles. The first-order valence-corrected chi connectivity index (χ1v) is 9.96. The van der Waals surface area contributed by atoms with Crippen LogP contribution in [0.3, 0.4) is 0 Å². The molecule has 6 nitrogen and oxygen atoms in total. The highest BCUT2D eigenvalue weighted by atomic mass is 16.5. The zero-order valence-corrected chi connectivity index (χ0v) is 15.6. The Morgan fingerprint density at radius 2 is 1.93 bits per heavy atom. The standard InChI is InChI=1S/C22H23N3O3/c26-20(21-24-18-5-1-2-6-19(18)25-21)15-12-16(13-15)28-22-17(4-3-9-23-22)14-7-10-27-11-8-14/h1-6,9,14-16H,7-8,10-13H2,(H,24,25)/t15-,16+. The van der Waals surface area contributed by atoms with Crippen molar-refractivity contribution in [3.05, 3.63) is 54.0 Å². The second-order valence-electron chi connectivity index (χ2n) is 7.66. The average Bonchev–Trinajstić information content (AvgIpc) is 3.15. The van der Waals surface area contributed by atoms with Gasteiger partial charge in [-0.05, 0) is 49.8 Å². The van der Waals surface area contributed by atoms with Gasteiger partial charge in [0.2, 0.25) is 11.7 Å². The Hall–Kier alpha value is -2.73. The summed E-state index contributed by atoms with van der Waals surface area (Å²) in [7, 11) is 0. The number of para-hydroxylation sites is 2. The van der Waals surface area contributed by atoms with Crippen LogP contribution in [0.5, 0.6) is 5.88 Å². The minimum absolute atomic E-state index is 0.0341. The topological polar surface area (TPSA) is 77.1 Å². The van der Waals surface area contributed by atoms with Crippen molar-refractivity contribution in [3.63, 3.8) is 0 Å². The first-order chi connectivity index (χ1) is 13.8. The summed E-state index contributed by atoms with van der Waals surface area (Å²) in [6.07, 6.45) is 5.22. The van der Waals surface area contributed by atoms with E-state index in [2.05, 4.69) is 21.0 Å². The van der Waals surface area contributed by atoms with Gasteiger partial charge in [0.1, 0.15) is 6.10 Å². The summed E-state index contributed by atoms with van der Waals surface area (Å²) in [6, 6.07) is 11.8. The number of aromatic nitrogens is 3. The predicted octanol–water partition coefficient (Wildman–Crippen LogP) is 3.89. The van der Waals surface area contributed by atoms with Crippen molar-refractivity contribution in [1.82, 2.24) is 15.0 Å². The van der Waals surface area contributed by atoms with Crippen molar-refractivity contribution in [3.8, 4) is 5.88 Å². The molecule has 0 bridgehead atoms. The third-order valence-corrected chi connectivity index (χ3v) is 5.83. The number of nitrogens with one attached hydrogen (secondary N) is 1. The van der Waals surface area contributed by atoms with E-state index in [1.165, 1.54) is 0 Å². The first kappa shape index (κ1) is 17.4. The third kappa shape index (κ3) is 3.29. The molecule has 0 spiro atoms. The van der Waals surface area contributed by atoms with E-state index < -0.39 is 0 Å². The van der Waals surface area contributed by atoms with Gasteiger partial charge in [0.05, 0.1) is 11.0 Å². The van der Waals surface area contributed by atoms with Crippen molar-refractivity contribution < 1.29 is 14.3 Å². The molecule has 144 valence electrons. The normalized spacial score (nSPS) is 22.7. The number of aromatic amines is 1. The number of nitrogens with zero attached hydrogens (tertiary/aromatic N) is 2. The van der Waals surface area contributed by atoms with Gasteiger partial charge in [-0.3, -0.25) is 4.79 Å². The van der Waals surface area contributed by atoms with Crippen LogP contribution in [0.1, 0.15) is 47.8 Å². The molecule has 1 saturated heterocycles. The average molecular weight is 377 g/mol. The number of carbonyl (C=O) groups is 1. The molecule has 1 saturated carbocycles. The van der Waals surface area contributed by atoms with Gasteiger partial charge in [0.15, 0.2) is 5.82 Å². The van der Waals surface area contributed by atoms with Gasteiger partial charge >= 0.3 is 0 Å². The summed E-state index contributed by atoms with van der Waals surface area (Å²) in [5.41, 5.74) is 2.89. The molecule has 1 aliphatic heterocycles. The van der Waals surface area contributed by atoms with Gasteiger partial charge in [0, 0.05) is 30.9 Å². The van der Waals surface area contributed by atoms with E-state index in [4.69, 9.17) is 9.47 Å². The number of ether oxygens (including phenoxy) is 2. The summed E-state index contributed by atoms with van der Waals surface area (Å²) in [5, 5.41) is 0. The lowest BCUT2D eigenvalue weighted by Gasteiger charge is -2.34. The minimum atomic E-state index is -0.0409. The molecule has 5 rings (SSSR count). The molecule has 28 heavy (non-hydrogen) atoms. The molecular weight excluding hydrogens is 354 g/mol. The highest BCUT2D eigenvalue weighted by Gasteiger charge is 2.38. The van der Waals surface area contributed by atoms with E-state index in [0.29, 0.717) is 30.5 Å². The minimum Gasteiger partial charge on any atom is -0.474 e. The number of benzene rings is 1. The molecule has 0 unspecified atom stereocenters. The quantitative estimate of drug-likeness (QED) is 0.683. The fraction of sp³-hybridized carbons (Fsp3) is 0.409. The van der Waals surface area contributed by atoms with Crippen LogP contribution in [0.2, 0.25) is 0 Å². The third-order valence-electron chi connectivity index (χ3n) is 5.83. The van der Waals surface area contributed by atoms with Crippen molar-refractivity contribution in [2.45, 2.75) is 37.7 Å². The summed E-state index contributed by atoms with van der Waals surface area (Å²) < 4.78 is 11.6. The van der Waals surface area contributed by atoms with Gasteiger partial charge < -0.3 is 14.5 Å². The lowest BCUT2D eigenvalue weighted by atomic mass is 9.79. The van der Waals surface area contributed by atoms with Gasteiger partial charge in [-0.2, -0.15) is 0 Å². The van der Waals surface area contributed by atoms with Crippen LogP contribution in [-0.2, 0) is 4.74 Å². The molecular formula is C22H23N3O3. The van der Waals surface area contributed by atoms with E-state index in [0.717, 1.165) is 42.7 Å². The molecule has 1 aliphatic carbocycles. The zero-order valence-electron chi connectivity index (χ0n) is 15.6. The second kappa shape index (κ2) is 7.36. The molecule has 0 atom stereocenters. The van der Waals surface area contributed by atoms with Gasteiger partial charge in [-0.25, -0.2) is 9.97 Å². The zero-order chi connectivity index (χ0) is 18.9. The Labute approximate surface area is 163 Å². The number of ketones is 1. The summed E-state index contributed by atoms with van der Waals surface area (Å²) in [5.74, 6) is 1.63. The van der Waals surface area contributed by atoms with Crippen molar-refractivity contribution in [1.29, 1.82) is 0 Å². The second-order valence-corrected chi connectivity index (χ2v) is 7.66. The van der Waals surface area contributed by atoms with Crippen LogP contribution in [0, 0.1) is 5.92 Å². The van der Waals surface area contributed by atoms with Gasteiger partial charge in [0.25, 0.3) is 0 Å². The Balaban J connectivity index is 1.23. The summed E-state index contributed by atoms with van der Waals surface area (Å²) >= 11 is 0. The Morgan fingerprint density at radius 3 is 2.75 bits per heavy atom. The number of fused-ring (bicyclic) bond motifs is 1. The summed E-state index contributed by atoms with van der Waals surface area (Å²) in [6.45, 7) is 1.58. The highest BCUT2D eigenvalue weighted by molar-refractivity contribution is 5.97. The number of rotatable bonds is 5. The van der Waals surface area contributed by atoms with E-state index >= 15 is 0 Å².